The van der Waals surface area contributed by atoms with Gasteiger partial charge in [0.05, 0.1) is 57.4 Å². The third-order valence-corrected chi connectivity index (χ3v) is 4.64. The number of rotatable bonds is 5. The summed E-state index contributed by atoms with van der Waals surface area (Å²) < 4.78 is 17.6. The van der Waals surface area contributed by atoms with Crippen LogP contribution in [0, 0.1) is 0 Å². The minimum absolute atomic E-state index is 0.0552. The second-order valence-electron chi connectivity index (χ2n) is 6.35. The van der Waals surface area contributed by atoms with Crippen molar-refractivity contribution in [1.82, 2.24) is 15.1 Å². The highest BCUT2D eigenvalue weighted by atomic mass is 16.5. The first-order valence-electron chi connectivity index (χ1n) is 8.40. The van der Waals surface area contributed by atoms with Gasteiger partial charge >= 0.3 is 0 Å². The predicted octanol–water partition coefficient (Wildman–Crippen LogP) is 0.847. The van der Waals surface area contributed by atoms with Gasteiger partial charge in [-0.05, 0) is 18.2 Å². The van der Waals surface area contributed by atoms with Crippen LogP contribution in [0.25, 0.3) is 11.3 Å². The van der Waals surface area contributed by atoms with Crippen molar-refractivity contribution in [2.45, 2.75) is 18.1 Å². The van der Waals surface area contributed by atoms with E-state index in [-0.39, 0.29) is 17.6 Å². The minimum atomic E-state index is -0.126. The Morgan fingerprint density at radius 2 is 2.00 bits per heavy atom. The van der Waals surface area contributed by atoms with Crippen molar-refractivity contribution in [3.05, 3.63) is 46.8 Å². The Kier molecular flexibility index (Phi) is 4.52. The lowest BCUT2D eigenvalue weighted by Gasteiger charge is -2.31. The largest absolute Gasteiger partial charge is 0.497 e. The Hall–Kier alpha value is -2.22. The predicted molar refractivity (Wildman–Crippen MR) is 91.9 cm³/mol. The third-order valence-electron chi connectivity index (χ3n) is 4.64. The second kappa shape index (κ2) is 6.95. The van der Waals surface area contributed by atoms with E-state index < -0.39 is 0 Å². The standard InChI is InChI=1S/C18H21N3O4/c1-23-14-4-2-3-12(7-14)15-5-6-18(22)21(20-15)17-11-25-10-16(17)19-13-8-24-9-13/h2-7,13,16-17,19H,8-11H2,1H3. The zero-order chi connectivity index (χ0) is 17.2. The molecule has 25 heavy (non-hydrogen) atoms. The molecule has 7 nitrogen and oxygen atoms in total. The molecule has 2 fully saturated rings. The average molecular weight is 343 g/mol. The molecular weight excluding hydrogens is 322 g/mol. The zero-order valence-corrected chi connectivity index (χ0v) is 14.1. The molecular formula is C18H21N3O4. The highest BCUT2D eigenvalue weighted by Gasteiger charge is 2.34. The number of hydrogen-bond acceptors (Lipinski definition) is 6. The summed E-state index contributed by atoms with van der Waals surface area (Å²) in [6.07, 6.45) is 0. The maximum atomic E-state index is 12.4. The molecule has 0 amide bonds. The molecule has 1 aromatic carbocycles. The van der Waals surface area contributed by atoms with Crippen LogP contribution >= 0.6 is 0 Å². The van der Waals surface area contributed by atoms with Gasteiger partial charge in [-0.2, -0.15) is 5.10 Å². The number of hydrogen-bond donors (Lipinski definition) is 1. The van der Waals surface area contributed by atoms with E-state index in [2.05, 4.69) is 10.4 Å². The summed E-state index contributed by atoms with van der Waals surface area (Å²) in [5.41, 5.74) is 1.51. The third kappa shape index (κ3) is 3.30. The van der Waals surface area contributed by atoms with Gasteiger partial charge in [0.2, 0.25) is 0 Å². The van der Waals surface area contributed by atoms with E-state index >= 15 is 0 Å². The Balaban J connectivity index is 1.63. The first-order valence-corrected chi connectivity index (χ1v) is 8.40. The quantitative estimate of drug-likeness (QED) is 0.867. The lowest BCUT2D eigenvalue weighted by atomic mass is 10.1. The number of ether oxygens (including phenoxy) is 3. The molecule has 2 unspecified atom stereocenters. The van der Waals surface area contributed by atoms with E-state index in [1.165, 1.54) is 0 Å². The molecule has 2 aliphatic rings. The number of nitrogens with one attached hydrogen (secondary N) is 1. The summed E-state index contributed by atoms with van der Waals surface area (Å²) in [7, 11) is 1.63. The van der Waals surface area contributed by atoms with Crippen LogP contribution in [0.2, 0.25) is 0 Å². The molecule has 0 aliphatic carbocycles. The molecule has 0 spiro atoms. The Morgan fingerprint density at radius 1 is 1.16 bits per heavy atom. The maximum absolute atomic E-state index is 12.4. The van der Waals surface area contributed by atoms with Crippen LogP contribution in [0.5, 0.6) is 5.75 Å². The van der Waals surface area contributed by atoms with Crippen LogP contribution in [0.1, 0.15) is 6.04 Å². The van der Waals surface area contributed by atoms with E-state index in [1.54, 1.807) is 23.9 Å². The molecule has 0 saturated carbocycles. The first-order chi connectivity index (χ1) is 12.2. The summed E-state index contributed by atoms with van der Waals surface area (Å²) in [6.45, 7) is 2.45. The molecule has 3 heterocycles. The normalized spacial score (nSPS) is 23.4. The van der Waals surface area contributed by atoms with Crippen molar-refractivity contribution in [2.24, 2.45) is 0 Å². The summed E-state index contributed by atoms with van der Waals surface area (Å²) >= 11 is 0. The van der Waals surface area contributed by atoms with Gasteiger partial charge in [0.1, 0.15) is 5.75 Å². The Morgan fingerprint density at radius 3 is 2.76 bits per heavy atom. The summed E-state index contributed by atoms with van der Waals surface area (Å²) in [6, 6.07) is 11.2. The summed E-state index contributed by atoms with van der Waals surface area (Å²) in [5, 5.41) is 8.10. The van der Waals surface area contributed by atoms with Gasteiger partial charge in [-0.15, -0.1) is 0 Å². The van der Waals surface area contributed by atoms with Crippen molar-refractivity contribution < 1.29 is 14.2 Å². The lowest BCUT2D eigenvalue weighted by Crippen LogP contribution is -2.53. The lowest BCUT2D eigenvalue weighted by molar-refractivity contribution is -0.0120. The van der Waals surface area contributed by atoms with E-state index in [1.807, 2.05) is 24.3 Å². The summed E-state index contributed by atoms with van der Waals surface area (Å²) in [4.78, 5) is 12.4. The fourth-order valence-electron chi connectivity index (χ4n) is 3.18. The first kappa shape index (κ1) is 16.3. The average Bonchev–Trinajstić information content (AvgIpc) is 3.07. The Bertz CT molecular complexity index is 803. The molecule has 2 aromatic rings. The SMILES string of the molecule is COc1cccc(-c2ccc(=O)n(C3COCC3NC3COC3)n2)c1. The smallest absolute Gasteiger partial charge is 0.267 e. The van der Waals surface area contributed by atoms with Gasteiger partial charge in [-0.3, -0.25) is 4.79 Å². The fraction of sp³-hybridized carbons (Fsp3) is 0.444. The molecule has 4 rings (SSSR count). The highest BCUT2D eigenvalue weighted by molar-refractivity contribution is 5.60. The van der Waals surface area contributed by atoms with Gasteiger partial charge in [-0.1, -0.05) is 12.1 Å². The van der Waals surface area contributed by atoms with E-state index in [0.717, 1.165) is 17.0 Å². The van der Waals surface area contributed by atoms with Crippen LogP contribution in [-0.4, -0.2) is 55.4 Å². The van der Waals surface area contributed by atoms with Gasteiger partial charge in [0, 0.05) is 11.6 Å². The van der Waals surface area contributed by atoms with Crippen molar-refractivity contribution in [1.29, 1.82) is 0 Å². The maximum Gasteiger partial charge on any atom is 0.267 e. The molecule has 0 bridgehead atoms. The van der Waals surface area contributed by atoms with Gasteiger partial charge in [-0.25, -0.2) is 4.68 Å². The van der Waals surface area contributed by atoms with Crippen LogP contribution < -0.4 is 15.6 Å². The topological polar surface area (TPSA) is 74.6 Å². The molecule has 2 aliphatic heterocycles. The minimum Gasteiger partial charge on any atom is -0.497 e. The molecule has 132 valence electrons. The molecule has 2 atom stereocenters. The van der Waals surface area contributed by atoms with Crippen LogP contribution in [0.4, 0.5) is 0 Å². The van der Waals surface area contributed by atoms with E-state index in [9.17, 15) is 4.79 Å². The zero-order valence-electron chi connectivity index (χ0n) is 14.1. The van der Waals surface area contributed by atoms with Crippen LogP contribution in [0.15, 0.2) is 41.2 Å². The number of aromatic nitrogens is 2. The fourth-order valence-corrected chi connectivity index (χ4v) is 3.18. The molecule has 0 radical (unpaired) electrons. The van der Waals surface area contributed by atoms with E-state index in [4.69, 9.17) is 14.2 Å². The molecule has 7 heteroatoms. The monoisotopic (exact) mass is 343 g/mol. The van der Waals surface area contributed by atoms with Gasteiger partial charge in [0.15, 0.2) is 0 Å². The van der Waals surface area contributed by atoms with Crippen molar-refractivity contribution in [3.63, 3.8) is 0 Å². The molecule has 1 N–H and O–H groups in total. The van der Waals surface area contributed by atoms with E-state index in [0.29, 0.717) is 32.5 Å². The number of methoxy groups -OCH3 is 1. The Labute approximate surface area is 145 Å². The molecule has 1 aromatic heterocycles. The van der Waals surface area contributed by atoms with Gasteiger partial charge < -0.3 is 19.5 Å². The highest BCUT2D eigenvalue weighted by Crippen LogP contribution is 2.23. The molecule has 2 saturated heterocycles. The van der Waals surface area contributed by atoms with Crippen LogP contribution in [-0.2, 0) is 9.47 Å². The van der Waals surface area contributed by atoms with Gasteiger partial charge in [0.25, 0.3) is 5.56 Å². The number of benzene rings is 1. The number of nitrogens with zero attached hydrogens (tertiary/aromatic N) is 2. The summed E-state index contributed by atoms with van der Waals surface area (Å²) in [5.74, 6) is 0.755. The van der Waals surface area contributed by atoms with Crippen molar-refractivity contribution in [3.8, 4) is 17.0 Å². The van der Waals surface area contributed by atoms with Crippen LogP contribution in [0.3, 0.4) is 0 Å². The van der Waals surface area contributed by atoms with Crippen molar-refractivity contribution in [2.75, 3.05) is 33.5 Å². The second-order valence-corrected chi connectivity index (χ2v) is 6.35. The van der Waals surface area contributed by atoms with Crippen molar-refractivity contribution >= 4 is 0 Å².